The summed E-state index contributed by atoms with van der Waals surface area (Å²) in [5.41, 5.74) is 2.69. The Morgan fingerprint density at radius 2 is 1.91 bits per heavy atom. The zero-order valence-electron chi connectivity index (χ0n) is 18.5. The summed E-state index contributed by atoms with van der Waals surface area (Å²) < 4.78 is 24.6. The molecule has 1 atom stereocenters. The third kappa shape index (κ3) is 3.85. The van der Waals surface area contributed by atoms with Crippen molar-refractivity contribution in [2.75, 3.05) is 13.1 Å². The number of rotatable bonds is 4. The van der Waals surface area contributed by atoms with Crippen molar-refractivity contribution < 1.29 is 27.9 Å². The second-order valence-electron chi connectivity index (χ2n) is 8.69. The first-order valence-corrected chi connectivity index (χ1v) is 11.1. The second-order valence-corrected chi connectivity index (χ2v) is 8.69. The Morgan fingerprint density at radius 3 is 2.65 bits per heavy atom. The van der Waals surface area contributed by atoms with Crippen LogP contribution in [0.25, 0.3) is 33.1 Å². The van der Waals surface area contributed by atoms with Gasteiger partial charge < -0.3 is 18.8 Å². The number of hydrogen-bond acceptors (Lipinski definition) is 5. The summed E-state index contributed by atoms with van der Waals surface area (Å²) in [5.74, 6) is -2.14. The molecular weight excluding hydrogens is 441 g/mol. The maximum Gasteiger partial charge on any atom is 0.340 e. The van der Waals surface area contributed by atoms with Crippen LogP contribution in [0.1, 0.15) is 24.0 Å². The Balaban J connectivity index is 1.53. The summed E-state index contributed by atoms with van der Waals surface area (Å²) >= 11 is 0. The average Bonchev–Trinajstić information content (AvgIpc) is 3.24. The summed E-state index contributed by atoms with van der Waals surface area (Å²) in [6.07, 6.45) is 2.56. The Bertz CT molecular complexity index is 1480. The first-order valence-electron chi connectivity index (χ1n) is 11.1. The molecule has 1 fully saturated rings. The molecule has 1 aliphatic rings. The molecule has 0 aliphatic carbocycles. The number of aryl methyl sites for hydroxylation is 1. The van der Waals surface area contributed by atoms with Gasteiger partial charge in [0.1, 0.15) is 17.0 Å². The number of carbonyl (C=O) groups is 2. The van der Waals surface area contributed by atoms with Gasteiger partial charge in [0.05, 0.1) is 24.2 Å². The number of likely N-dealkylation sites (tertiary alicyclic amines) is 1. The number of nitrogens with zero attached hydrogens (tertiary/aromatic N) is 1. The van der Waals surface area contributed by atoms with Gasteiger partial charge in [-0.05, 0) is 49.1 Å². The Labute approximate surface area is 193 Å². The minimum absolute atomic E-state index is 0.142. The molecule has 4 aromatic rings. The minimum atomic E-state index is -0.917. The van der Waals surface area contributed by atoms with Crippen LogP contribution in [0.4, 0.5) is 4.39 Å². The Kier molecular flexibility index (Phi) is 5.43. The van der Waals surface area contributed by atoms with Crippen molar-refractivity contribution in [3.8, 4) is 11.1 Å². The molecule has 5 rings (SSSR count). The van der Waals surface area contributed by atoms with E-state index in [9.17, 15) is 23.9 Å². The van der Waals surface area contributed by atoms with Crippen molar-refractivity contribution in [3.63, 3.8) is 0 Å². The molecule has 1 aliphatic heterocycles. The first kappa shape index (κ1) is 21.9. The lowest BCUT2D eigenvalue weighted by molar-refractivity contribution is -0.145. The van der Waals surface area contributed by atoms with E-state index in [0.29, 0.717) is 41.5 Å². The van der Waals surface area contributed by atoms with E-state index in [-0.39, 0.29) is 30.3 Å². The molecule has 1 saturated heterocycles. The highest BCUT2D eigenvalue weighted by Crippen LogP contribution is 2.34. The van der Waals surface area contributed by atoms with Gasteiger partial charge in [0, 0.05) is 35.5 Å². The quantitative estimate of drug-likeness (QED) is 0.447. The van der Waals surface area contributed by atoms with Gasteiger partial charge in [0.25, 0.3) is 0 Å². The lowest BCUT2D eigenvalue weighted by Crippen LogP contribution is -2.43. The number of carboxylic acid groups (broad SMARTS) is 1. The smallest absolute Gasteiger partial charge is 0.340 e. The van der Waals surface area contributed by atoms with E-state index in [0.717, 1.165) is 16.5 Å². The molecular formula is C26H22FNO6. The highest BCUT2D eigenvalue weighted by Gasteiger charge is 2.29. The normalized spacial score (nSPS) is 16.3. The standard InChI is InChI=1S/C26H22FNO6/c1-14-18-9-20-21(15-4-6-17(27)7-5-15)13-33-22(20)11-23(18)34-26(32)19(14)10-24(29)28-8-2-3-16(12-28)25(30)31/h4-7,9,11,13,16H,2-3,8,10,12H2,1H3,(H,30,31)/t16-/m0/s1. The zero-order chi connectivity index (χ0) is 24.0. The number of fused-ring (bicyclic) bond motifs is 2. The number of halogens is 1. The number of carbonyl (C=O) groups excluding carboxylic acids is 1. The molecule has 1 N–H and O–H groups in total. The predicted molar refractivity (Wildman–Crippen MR) is 123 cm³/mol. The largest absolute Gasteiger partial charge is 0.481 e. The molecule has 0 bridgehead atoms. The number of hydrogen-bond donors (Lipinski definition) is 1. The average molecular weight is 463 g/mol. The molecule has 0 radical (unpaired) electrons. The molecule has 0 saturated carbocycles. The fraction of sp³-hybridized carbons (Fsp3) is 0.269. The van der Waals surface area contributed by atoms with E-state index in [4.69, 9.17) is 8.83 Å². The topological polar surface area (TPSA) is 101 Å². The molecule has 3 heterocycles. The Hall–Kier alpha value is -3.94. The molecule has 0 unspecified atom stereocenters. The lowest BCUT2D eigenvalue weighted by Gasteiger charge is -2.30. The van der Waals surface area contributed by atoms with Gasteiger partial charge in [0.2, 0.25) is 5.91 Å². The van der Waals surface area contributed by atoms with Gasteiger partial charge in [-0.15, -0.1) is 0 Å². The highest BCUT2D eigenvalue weighted by atomic mass is 19.1. The van der Waals surface area contributed by atoms with Crippen molar-refractivity contribution in [2.45, 2.75) is 26.2 Å². The lowest BCUT2D eigenvalue weighted by atomic mass is 9.96. The monoisotopic (exact) mass is 463 g/mol. The zero-order valence-corrected chi connectivity index (χ0v) is 18.5. The third-order valence-corrected chi connectivity index (χ3v) is 6.59. The summed E-state index contributed by atoms with van der Waals surface area (Å²) in [7, 11) is 0. The van der Waals surface area contributed by atoms with Gasteiger partial charge in [-0.2, -0.15) is 0 Å². The van der Waals surface area contributed by atoms with Crippen LogP contribution in [-0.2, 0) is 16.0 Å². The fourth-order valence-electron chi connectivity index (χ4n) is 4.64. The molecule has 0 spiro atoms. The second kappa shape index (κ2) is 8.44. The number of amides is 1. The minimum Gasteiger partial charge on any atom is -0.481 e. The van der Waals surface area contributed by atoms with Crippen molar-refractivity contribution in [3.05, 3.63) is 70.0 Å². The van der Waals surface area contributed by atoms with Crippen LogP contribution in [-0.4, -0.2) is 35.0 Å². The molecule has 8 heteroatoms. The van der Waals surface area contributed by atoms with E-state index in [1.165, 1.54) is 17.0 Å². The summed E-state index contributed by atoms with van der Waals surface area (Å²) in [6, 6.07) is 9.56. The van der Waals surface area contributed by atoms with Gasteiger partial charge >= 0.3 is 11.6 Å². The van der Waals surface area contributed by atoms with Crippen LogP contribution in [0.15, 0.2) is 56.3 Å². The van der Waals surface area contributed by atoms with E-state index < -0.39 is 17.5 Å². The fourth-order valence-corrected chi connectivity index (χ4v) is 4.64. The third-order valence-electron chi connectivity index (χ3n) is 6.59. The van der Waals surface area contributed by atoms with E-state index >= 15 is 0 Å². The van der Waals surface area contributed by atoms with E-state index in [2.05, 4.69) is 0 Å². The summed E-state index contributed by atoms with van der Waals surface area (Å²) in [4.78, 5) is 38.5. The maximum atomic E-state index is 13.4. The van der Waals surface area contributed by atoms with Gasteiger partial charge in [-0.1, -0.05) is 12.1 Å². The number of carboxylic acids is 1. The van der Waals surface area contributed by atoms with Gasteiger partial charge in [-0.25, -0.2) is 9.18 Å². The van der Waals surface area contributed by atoms with Crippen molar-refractivity contribution in [1.29, 1.82) is 0 Å². The van der Waals surface area contributed by atoms with E-state index in [1.54, 1.807) is 31.4 Å². The molecule has 174 valence electrons. The Morgan fingerprint density at radius 1 is 1.15 bits per heavy atom. The number of furan rings is 1. The van der Waals surface area contributed by atoms with E-state index in [1.807, 2.05) is 6.07 Å². The van der Waals surface area contributed by atoms with Crippen LogP contribution in [0.5, 0.6) is 0 Å². The molecule has 7 nitrogen and oxygen atoms in total. The van der Waals surface area contributed by atoms with Crippen LogP contribution >= 0.6 is 0 Å². The summed E-state index contributed by atoms with van der Waals surface area (Å²) in [6.45, 7) is 2.38. The van der Waals surface area contributed by atoms with Crippen LogP contribution in [0, 0.1) is 18.7 Å². The predicted octanol–water partition coefficient (Wildman–Crippen LogP) is 4.52. The summed E-state index contributed by atoms with van der Waals surface area (Å²) in [5, 5.41) is 10.7. The highest BCUT2D eigenvalue weighted by molar-refractivity contribution is 6.02. The SMILES string of the molecule is Cc1c(CC(=O)N2CCC[C@H](C(=O)O)C2)c(=O)oc2cc3occ(-c4ccc(F)cc4)c3cc12. The van der Waals surface area contributed by atoms with Crippen LogP contribution in [0.2, 0.25) is 0 Å². The molecule has 1 amide bonds. The van der Waals surface area contributed by atoms with Crippen LogP contribution < -0.4 is 5.63 Å². The first-order chi connectivity index (χ1) is 16.3. The maximum absolute atomic E-state index is 13.4. The van der Waals surface area contributed by atoms with Crippen molar-refractivity contribution in [2.24, 2.45) is 5.92 Å². The molecule has 2 aromatic carbocycles. The van der Waals surface area contributed by atoms with Crippen molar-refractivity contribution >= 4 is 33.8 Å². The van der Waals surface area contributed by atoms with Crippen molar-refractivity contribution in [1.82, 2.24) is 4.90 Å². The molecule has 2 aromatic heterocycles. The van der Waals surface area contributed by atoms with Gasteiger partial charge in [-0.3, -0.25) is 9.59 Å². The van der Waals surface area contributed by atoms with Gasteiger partial charge in [0.15, 0.2) is 0 Å². The van der Waals surface area contributed by atoms with Crippen LogP contribution in [0.3, 0.4) is 0 Å². The molecule has 34 heavy (non-hydrogen) atoms. The number of benzene rings is 2. The number of piperidine rings is 1. The number of aliphatic carboxylic acids is 1.